The zero-order chi connectivity index (χ0) is 17.6. The van der Waals surface area contributed by atoms with E-state index in [-0.39, 0.29) is 11.5 Å². The summed E-state index contributed by atoms with van der Waals surface area (Å²) in [5.74, 6) is -0.759. The SMILES string of the molecule is Cc1cc(O)cc2c1CC(c1ccc(O)c(F)c1)=C2c1ccccc1. The molecule has 2 nitrogen and oxygen atoms in total. The molecule has 1 aliphatic rings. The highest BCUT2D eigenvalue weighted by atomic mass is 19.1. The van der Waals surface area contributed by atoms with Crippen LogP contribution in [0.3, 0.4) is 0 Å². The van der Waals surface area contributed by atoms with Gasteiger partial charge in [0, 0.05) is 0 Å². The average molecular weight is 332 g/mol. The number of allylic oxidation sites excluding steroid dienone is 1. The molecule has 0 amide bonds. The van der Waals surface area contributed by atoms with Gasteiger partial charge in [0.2, 0.25) is 0 Å². The van der Waals surface area contributed by atoms with Crippen molar-refractivity contribution in [1.29, 1.82) is 0 Å². The lowest BCUT2D eigenvalue weighted by molar-refractivity contribution is 0.432. The quantitative estimate of drug-likeness (QED) is 0.688. The summed E-state index contributed by atoms with van der Waals surface area (Å²) in [5, 5.41) is 19.6. The third kappa shape index (κ3) is 2.58. The van der Waals surface area contributed by atoms with Crippen LogP contribution >= 0.6 is 0 Å². The molecule has 0 aliphatic heterocycles. The van der Waals surface area contributed by atoms with Crippen LogP contribution in [-0.2, 0) is 6.42 Å². The Kier molecular flexibility index (Phi) is 3.57. The zero-order valence-corrected chi connectivity index (χ0v) is 13.8. The molecule has 0 spiro atoms. The minimum Gasteiger partial charge on any atom is -0.508 e. The molecule has 0 bridgehead atoms. The number of phenols is 2. The van der Waals surface area contributed by atoms with Crippen molar-refractivity contribution in [3.63, 3.8) is 0 Å². The number of hydrogen-bond donors (Lipinski definition) is 2. The Bertz CT molecular complexity index is 1000. The molecule has 0 saturated carbocycles. The fourth-order valence-electron chi connectivity index (χ4n) is 3.56. The van der Waals surface area contributed by atoms with E-state index in [0.29, 0.717) is 6.42 Å². The molecule has 1 aliphatic carbocycles. The van der Waals surface area contributed by atoms with Gasteiger partial charge in [0.25, 0.3) is 0 Å². The first-order valence-corrected chi connectivity index (χ1v) is 8.15. The molecule has 0 fully saturated rings. The Morgan fingerprint density at radius 2 is 1.64 bits per heavy atom. The standard InChI is InChI=1S/C22H17FO2/c1-13-9-16(24)11-19-17(13)12-18(15-7-8-21(25)20(23)10-15)22(19)14-5-3-2-4-6-14/h2-11,24-25H,12H2,1H3. The van der Waals surface area contributed by atoms with Gasteiger partial charge in [0.15, 0.2) is 11.6 Å². The van der Waals surface area contributed by atoms with E-state index in [1.54, 1.807) is 18.2 Å². The number of fused-ring (bicyclic) bond motifs is 1. The van der Waals surface area contributed by atoms with Crippen molar-refractivity contribution < 1.29 is 14.6 Å². The van der Waals surface area contributed by atoms with Gasteiger partial charge in [-0.2, -0.15) is 0 Å². The number of halogens is 1. The lowest BCUT2D eigenvalue weighted by atomic mass is 9.94. The summed E-state index contributed by atoms with van der Waals surface area (Å²) in [5.41, 5.74) is 6.89. The maximum absolute atomic E-state index is 13.9. The van der Waals surface area contributed by atoms with Crippen molar-refractivity contribution in [1.82, 2.24) is 0 Å². The molecular weight excluding hydrogens is 315 g/mol. The smallest absolute Gasteiger partial charge is 0.165 e. The van der Waals surface area contributed by atoms with Crippen LogP contribution in [0.4, 0.5) is 4.39 Å². The Hall–Kier alpha value is -3.07. The summed E-state index contributed by atoms with van der Waals surface area (Å²) in [6, 6.07) is 17.9. The van der Waals surface area contributed by atoms with Crippen molar-refractivity contribution in [2.24, 2.45) is 0 Å². The van der Waals surface area contributed by atoms with Crippen molar-refractivity contribution >= 4 is 11.1 Å². The molecule has 2 N–H and O–H groups in total. The summed E-state index contributed by atoms with van der Waals surface area (Å²) >= 11 is 0. The van der Waals surface area contributed by atoms with E-state index in [1.807, 2.05) is 37.3 Å². The van der Waals surface area contributed by atoms with Crippen LogP contribution in [0, 0.1) is 12.7 Å². The fraction of sp³-hybridized carbons (Fsp3) is 0.0909. The summed E-state index contributed by atoms with van der Waals surface area (Å²) in [6.45, 7) is 1.97. The van der Waals surface area contributed by atoms with Crippen molar-refractivity contribution in [2.75, 3.05) is 0 Å². The zero-order valence-electron chi connectivity index (χ0n) is 13.8. The van der Waals surface area contributed by atoms with E-state index in [1.165, 1.54) is 12.1 Å². The van der Waals surface area contributed by atoms with Gasteiger partial charge < -0.3 is 10.2 Å². The van der Waals surface area contributed by atoms with Crippen molar-refractivity contribution in [2.45, 2.75) is 13.3 Å². The molecule has 25 heavy (non-hydrogen) atoms. The first-order valence-electron chi connectivity index (χ1n) is 8.15. The number of benzene rings is 3. The fourth-order valence-corrected chi connectivity index (χ4v) is 3.56. The number of aryl methyl sites for hydroxylation is 1. The monoisotopic (exact) mass is 332 g/mol. The molecular formula is C22H17FO2. The van der Waals surface area contributed by atoms with Gasteiger partial charge in [0.05, 0.1) is 0 Å². The number of rotatable bonds is 2. The lowest BCUT2D eigenvalue weighted by Crippen LogP contribution is -1.90. The molecule has 3 aromatic rings. The van der Waals surface area contributed by atoms with Gasteiger partial charge >= 0.3 is 0 Å². The van der Waals surface area contributed by atoms with Gasteiger partial charge in [-0.3, -0.25) is 0 Å². The Labute approximate surface area is 145 Å². The molecule has 4 rings (SSSR count). The second-order valence-corrected chi connectivity index (χ2v) is 6.35. The third-order valence-electron chi connectivity index (χ3n) is 4.74. The number of aromatic hydroxyl groups is 2. The van der Waals surface area contributed by atoms with Crippen LogP contribution in [0.1, 0.15) is 27.8 Å². The average Bonchev–Trinajstić information content (AvgIpc) is 2.98. The molecule has 3 aromatic carbocycles. The molecule has 0 aromatic heterocycles. The highest BCUT2D eigenvalue weighted by molar-refractivity contribution is 6.04. The van der Waals surface area contributed by atoms with E-state index in [4.69, 9.17) is 0 Å². The maximum Gasteiger partial charge on any atom is 0.165 e. The highest BCUT2D eigenvalue weighted by Crippen LogP contribution is 2.45. The van der Waals surface area contributed by atoms with Crippen LogP contribution in [-0.4, -0.2) is 10.2 Å². The van der Waals surface area contributed by atoms with E-state index in [0.717, 1.165) is 39.0 Å². The van der Waals surface area contributed by atoms with Gasteiger partial charge in [0.1, 0.15) is 5.75 Å². The summed E-state index contributed by atoms with van der Waals surface area (Å²) in [4.78, 5) is 0. The minimum atomic E-state index is -0.632. The summed E-state index contributed by atoms with van der Waals surface area (Å²) in [7, 11) is 0. The molecule has 0 atom stereocenters. The molecule has 0 heterocycles. The summed E-state index contributed by atoms with van der Waals surface area (Å²) < 4.78 is 13.9. The molecule has 3 heteroatoms. The molecule has 0 unspecified atom stereocenters. The third-order valence-corrected chi connectivity index (χ3v) is 4.74. The van der Waals surface area contributed by atoms with Gasteiger partial charge in [-0.05, 0) is 76.6 Å². The van der Waals surface area contributed by atoms with E-state index in [2.05, 4.69) is 0 Å². The van der Waals surface area contributed by atoms with Crippen LogP contribution < -0.4 is 0 Å². The Morgan fingerprint density at radius 3 is 2.36 bits per heavy atom. The topological polar surface area (TPSA) is 40.5 Å². The normalized spacial score (nSPS) is 13.2. The number of hydrogen-bond acceptors (Lipinski definition) is 2. The van der Waals surface area contributed by atoms with Gasteiger partial charge in [-0.25, -0.2) is 4.39 Å². The second-order valence-electron chi connectivity index (χ2n) is 6.35. The van der Waals surface area contributed by atoms with E-state index < -0.39 is 5.82 Å². The van der Waals surface area contributed by atoms with Gasteiger partial charge in [-0.15, -0.1) is 0 Å². The van der Waals surface area contributed by atoms with Crippen molar-refractivity contribution in [3.8, 4) is 11.5 Å². The Morgan fingerprint density at radius 1 is 0.880 bits per heavy atom. The predicted octanol–water partition coefficient (Wildman–Crippen LogP) is 5.06. The predicted molar refractivity (Wildman–Crippen MR) is 97.0 cm³/mol. The number of phenolic OH excluding ortho intramolecular Hbond substituents is 2. The molecule has 124 valence electrons. The van der Waals surface area contributed by atoms with Crippen LogP contribution in [0.25, 0.3) is 11.1 Å². The van der Waals surface area contributed by atoms with Crippen LogP contribution in [0.2, 0.25) is 0 Å². The second kappa shape index (κ2) is 5.78. The van der Waals surface area contributed by atoms with Crippen molar-refractivity contribution in [3.05, 3.63) is 94.3 Å². The molecule has 0 radical (unpaired) electrons. The Balaban J connectivity index is 2.00. The van der Waals surface area contributed by atoms with E-state index >= 15 is 0 Å². The highest BCUT2D eigenvalue weighted by Gasteiger charge is 2.26. The lowest BCUT2D eigenvalue weighted by Gasteiger charge is -2.11. The first kappa shape index (κ1) is 15.5. The van der Waals surface area contributed by atoms with Crippen LogP contribution in [0.15, 0.2) is 60.7 Å². The van der Waals surface area contributed by atoms with Crippen LogP contribution in [0.5, 0.6) is 11.5 Å². The summed E-state index contributed by atoms with van der Waals surface area (Å²) in [6.07, 6.45) is 0.663. The largest absolute Gasteiger partial charge is 0.508 e. The molecule has 0 saturated heterocycles. The minimum absolute atomic E-state index is 0.225. The first-order chi connectivity index (χ1) is 12.0. The van der Waals surface area contributed by atoms with E-state index in [9.17, 15) is 14.6 Å². The maximum atomic E-state index is 13.9. The van der Waals surface area contributed by atoms with Gasteiger partial charge in [-0.1, -0.05) is 36.4 Å².